The molecular formula is C25H23N3O2. The number of benzene rings is 3. The molecule has 0 saturated heterocycles. The smallest absolute Gasteiger partial charge is 0.235 e. The molecule has 2 amide bonds. The van der Waals surface area contributed by atoms with Crippen LogP contribution in [-0.2, 0) is 21.5 Å². The number of para-hydroxylation sites is 3. The number of rotatable bonds is 5. The van der Waals surface area contributed by atoms with Crippen LogP contribution in [0.15, 0.2) is 72.8 Å². The monoisotopic (exact) mass is 397 g/mol. The van der Waals surface area contributed by atoms with Crippen molar-refractivity contribution in [3.05, 3.63) is 89.5 Å². The number of fused-ring (bicyclic) bond motifs is 2. The number of nitrogens with one attached hydrogen (secondary N) is 3. The molecule has 30 heavy (non-hydrogen) atoms. The first-order chi connectivity index (χ1) is 14.6. The number of hydrogen-bond donors (Lipinski definition) is 3. The van der Waals surface area contributed by atoms with Gasteiger partial charge in [-0.05, 0) is 48.2 Å². The molecule has 1 aliphatic heterocycles. The van der Waals surface area contributed by atoms with E-state index in [9.17, 15) is 9.59 Å². The van der Waals surface area contributed by atoms with Crippen LogP contribution in [0.25, 0.3) is 0 Å². The molecule has 3 N–H and O–H groups in total. The highest BCUT2D eigenvalue weighted by Gasteiger charge is 2.67. The van der Waals surface area contributed by atoms with E-state index < -0.39 is 5.41 Å². The first-order valence-corrected chi connectivity index (χ1v) is 10.2. The molecule has 150 valence electrons. The summed E-state index contributed by atoms with van der Waals surface area (Å²) >= 11 is 0. The van der Waals surface area contributed by atoms with Crippen LogP contribution in [0, 0.1) is 12.8 Å². The van der Waals surface area contributed by atoms with Gasteiger partial charge in [-0.15, -0.1) is 0 Å². The van der Waals surface area contributed by atoms with E-state index in [4.69, 9.17) is 0 Å². The molecule has 5 heteroatoms. The van der Waals surface area contributed by atoms with Gasteiger partial charge in [-0.2, -0.15) is 0 Å². The summed E-state index contributed by atoms with van der Waals surface area (Å²) < 4.78 is 0. The standard InChI is InChI=1S/C25H23N3O2/c1-16-8-2-3-9-17(16)15-26-21-12-6-7-13-22(21)27-23(29)19-14-25(19)18-10-4-5-11-20(18)28-24(25)30/h2-13,19,26H,14-15H2,1H3,(H,27,29)(H,28,30). The summed E-state index contributed by atoms with van der Waals surface area (Å²) in [5.41, 5.74) is 5.05. The van der Waals surface area contributed by atoms with E-state index in [1.807, 2.05) is 60.7 Å². The number of carbonyl (C=O) groups is 2. The van der Waals surface area contributed by atoms with Crippen molar-refractivity contribution < 1.29 is 9.59 Å². The average molecular weight is 397 g/mol. The van der Waals surface area contributed by atoms with E-state index in [2.05, 4.69) is 35.0 Å². The van der Waals surface area contributed by atoms with Crippen LogP contribution < -0.4 is 16.0 Å². The second-order valence-corrected chi connectivity index (χ2v) is 8.04. The molecule has 2 atom stereocenters. The molecule has 0 radical (unpaired) electrons. The maximum atomic E-state index is 13.1. The molecule has 0 aromatic heterocycles. The van der Waals surface area contributed by atoms with Gasteiger partial charge in [0.25, 0.3) is 0 Å². The van der Waals surface area contributed by atoms with Gasteiger partial charge in [-0.3, -0.25) is 9.59 Å². The fourth-order valence-corrected chi connectivity index (χ4v) is 4.43. The maximum absolute atomic E-state index is 13.1. The van der Waals surface area contributed by atoms with Crippen molar-refractivity contribution in [2.24, 2.45) is 5.92 Å². The van der Waals surface area contributed by atoms with Crippen LogP contribution in [-0.4, -0.2) is 11.8 Å². The molecule has 0 bridgehead atoms. The zero-order valence-corrected chi connectivity index (χ0v) is 16.7. The summed E-state index contributed by atoms with van der Waals surface area (Å²) in [6.07, 6.45) is 0.542. The molecule has 1 spiro atoms. The SMILES string of the molecule is Cc1ccccc1CNc1ccccc1NC(=O)C1CC12C(=O)Nc1ccccc12. The Bertz CT molecular complexity index is 1160. The molecule has 1 aliphatic carbocycles. The van der Waals surface area contributed by atoms with Crippen LogP contribution in [0.2, 0.25) is 0 Å². The Hall–Kier alpha value is -3.60. The Morgan fingerprint density at radius 3 is 2.53 bits per heavy atom. The largest absolute Gasteiger partial charge is 0.379 e. The lowest BCUT2D eigenvalue weighted by molar-refractivity contribution is -0.122. The van der Waals surface area contributed by atoms with Crippen molar-refractivity contribution in [3.63, 3.8) is 0 Å². The van der Waals surface area contributed by atoms with E-state index in [0.717, 1.165) is 22.6 Å². The van der Waals surface area contributed by atoms with Crippen LogP contribution in [0.5, 0.6) is 0 Å². The van der Waals surface area contributed by atoms with Gasteiger partial charge in [0.2, 0.25) is 11.8 Å². The van der Waals surface area contributed by atoms with Crippen molar-refractivity contribution in [2.45, 2.75) is 25.3 Å². The summed E-state index contributed by atoms with van der Waals surface area (Å²) in [5.74, 6) is -0.549. The molecule has 3 aromatic rings. The predicted octanol–water partition coefficient (Wildman–Crippen LogP) is 4.46. The molecule has 2 unspecified atom stereocenters. The Labute approximate surface area is 175 Å². The maximum Gasteiger partial charge on any atom is 0.235 e. The van der Waals surface area contributed by atoms with Crippen LogP contribution >= 0.6 is 0 Å². The van der Waals surface area contributed by atoms with Gasteiger partial charge in [-0.1, -0.05) is 54.6 Å². The van der Waals surface area contributed by atoms with Gasteiger partial charge in [-0.25, -0.2) is 0 Å². The Morgan fingerprint density at radius 2 is 1.70 bits per heavy atom. The fourth-order valence-electron chi connectivity index (χ4n) is 4.43. The van der Waals surface area contributed by atoms with Gasteiger partial charge >= 0.3 is 0 Å². The quantitative estimate of drug-likeness (QED) is 0.595. The first-order valence-electron chi connectivity index (χ1n) is 10.2. The van der Waals surface area contributed by atoms with Gasteiger partial charge in [0.1, 0.15) is 0 Å². The molecule has 5 rings (SSSR count). The summed E-state index contributed by atoms with van der Waals surface area (Å²) in [6, 6.07) is 23.5. The lowest BCUT2D eigenvalue weighted by Gasteiger charge is -2.15. The Morgan fingerprint density at radius 1 is 1.00 bits per heavy atom. The molecule has 1 saturated carbocycles. The highest BCUT2D eigenvalue weighted by atomic mass is 16.2. The third-order valence-corrected chi connectivity index (χ3v) is 6.25. The second-order valence-electron chi connectivity index (χ2n) is 8.04. The third-order valence-electron chi connectivity index (χ3n) is 6.25. The van der Waals surface area contributed by atoms with E-state index in [1.54, 1.807) is 0 Å². The van der Waals surface area contributed by atoms with Gasteiger partial charge in [0, 0.05) is 12.2 Å². The van der Waals surface area contributed by atoms with Gasteiger partial charge in [0.05, 0.1) is 22.7 Å². The zero-order valence-electron chi connectivity index (χ0n) is 16.7. The van der Waals surface area contributed by atoms with Gasteiger partial charge < -0.3 is 16.0 Å². The van der Waals surface area contributed by atoms with Crippen LogP contribution in [0.1, 0.15) is 23.1 Å². The highest BCUT2D eigenvalue weighted by molar-refractivity contribution is 6.14. The average Bonchev–Trinajstić information content (AvgIpc) is 3.45. The van der Waals surface area contributed by atoms with Crippen molar-refractivity contribution in [1.82, 2.24) is 0 Å². The predicted molar refractivity (Wildman–Crippen MR) is 118 cm³/mol. The number of carbonyl (C=O) groups excluding carboxylic acids is 2. The Kier molecular flexibility index (Phi) is 4.31. The van der Waals surface area contributed by atoms with Crippen molar-refractivity contribution in [1.29, 1.82) is 0 Å². The minimum absolute atomic E-state index is 0.0742. The number of amides is 2. The molecule has 2 aliphatic rings. The summed E-state index contributed by atoms with van der Waals surface area (Å²) in [6.45, 7) is 2.75. The van der Waals surface area contributed by atoms with Crippen LogP contribution in [0.4, 0.5) is 17.1 Å². The summed E-state index contributed by atoms with van der Waals surface area (Å²) in [4.78, 5) is 25.7. The van der Waals surface area contributed by atoms with Crippen molar-refractivity contribution in [2.75, 3.05) is 16.0 Å². The van der Waals surface area contributed by atoms with Crippen molar-refractivity contribution >= 4 is 28.9 Å². The highest BCUT2D eigenvalue weighted by Crippen LogP contribution is 2.60. The Balaban J connectivity index is 1.32. The molecular weight excluding hydrogens is 374 g/mol. The van der Waals surface area contributed by atoms with E-state index in [1.165, 1.54) is 11.1 Å². The normalized spacial score (nSPS) is 21.1. The lowest BCUT2D eigenvalue weighted by Crippen LogP contribution is -2.27. The molecule has 1 fully saturated rings. The fraction of sp³-hybridized carbons (Fsp3) is 0.200. The zero-order chi connectivity index (χ0) is 20.7. The molecule has 3 aromatic carbocycles. The minimum Gasteiger partial charge on any atom is -0.379 e. The third kappa shape index (κ3) is 2.94. The second kappa shape index (κ2) is 7.02. The number of aryl methyl sites for hydroxylation is 1. The number of hydrogen-bond acceptors (Lipinski definition) is 3. The number of anilines is 3. The van der Waals surface area contributed by atoms with Crippen molar-refractivity contribution in [3.8, 4) is 0 Å². The minimum atomic E-state index is -0.718. The summed E-state index contributed by atoms with van der Waals surface area (Å²) in [7, 11) is 0. The van der Waals surface area contributed by atoms with E-state index >= 15 is 0 Å². The first kappa shape index (κ1) is 18.4. The lowest BCUT2D eigenvalue weighted by atomic mass is 9.94. The summed E-state index contributed by atoms with van der Waals surface area (Å²) in [5, 5.41) is 9.39. The van der Waals surface area contributed by atoms with Crippen LogP contribution in [0.3, 0.4) is 0 Å². The van der Waals surface area contributed by atoms with E-state index in [0.29, 0.717) is 13.0 Å². The van der Waals surface area contributed by atoms with E-state index in [-0.39, 0.29) is 17.7 Å². The molecule has 1 heterocycles. The molecule has 5 nitrogen and oxygen atoms in total. The van der Waals surface area contributed by atoms with Gasteiger partial charge in [0.15, 0.2) is 0 Å². The topological polar surface area (TPSA) is 70.2 Å².